The van der Waals surface area contributed by atoms with E-state index in [-0.39, 0.29) is 10.8 Å². The Bertz CT molecular complexity index is 392. The van der Waals surface area contributed by atoms with E-state index in [1.54, 1.807) is 0 Å². The molecule has 1 aromatic heterocycles. The number of hydrogen-bond acceptors (Lipinski definition) is 2. The fourth-order valence-corrected chi connectivity index (χ4v) is 1.80. The van der Waals surface area contributed by atoms with Gasteiger partial charge in [0, 0.05) is 37.1 Å². The highest BCUT2D eigenvalue weighted by molar-refractivity contribution is 5.55. The summed E-state index contributed by atoms with van der Waals surface area (Å²) >= 11 is 0. The van der Waals surface area contributed by atoms with Gasteiger partial charge < -0.3 is 4.90 Å². The molecule has 0 aliphatic heterocycles. The van der Waals surface area contributed by atoms with E-state index in [4.69, 9.17) is 0 Å². The van der Waals surface area contributed by atoms with Crippen molar-refractivity contribution in [3.05, 3.63) is 23.5 Å². The molecule has 0 saturated carbocycles. The van der Waals surface area contributed by atoms with Crippen molar-refractivity contribution in [1.29, 1.82) is 0 Å². The molecule has 1 rings (SSSR count). The molecular weight excluding hydrogens is 208 g/mol. The first-order chi connectivity index (χ1) is 7.53. The molecule has 0 N–H and O–H groups in total. The maximum Gasteiger partial charge on any atom is 0.0477 e. The summed E-state index contributed by atoms with van der Waals surface area (Å²) in [5, 5.41) is 0. The van der Waals surface area contributed by atoms with E-state index < -0.39 is 0 Å². The molecule has 0 aromatic carbocycles. The summed E-state index contributed by atoms with van der Waals surface area (Å²) in [5.41, 5.74) is 3.95. The van der Waals surface area contributed by atoms with Crippen LogP contribution in [0.1, 0.15) is 52.8 Å². The molecule has 17 heavy (non-hydrogen) atoms. The summed E-state index contributed by atoms with van der Waals surface area (Å²) in [6.45, 7) is 13.3. The average Bonchev–Trinajstić information content (AvgIpc) is 2.14. The molecule has 0 spiro atoms. The Hall–Kier alpha value is -1.05. The predicted octanol–water partition coefficient (Wildman–Crippen LogP) is 3.74. The Kier molecular flexibility index (Phi) is 3.56. The fraction of sp³-hybridized carbons (Fsp3) is 0.667. The lowest BCUT2D eigenvalue weighted by atomic mass is 9.84. The van der Waals surface area contributed by atoms with Crippen LogP contribution in [0.5, 0.6) is 0 Å². The zero-order valence-corrected chi connectivity index (χ0v) is 12.5. The summed E-state index contributed by atoms with van der Waals surface area (Å²) in [4.78, 5) is 6.81. The topological polar surface area (TPSA) is 16.1 Å². The number of hydrogen-bond donors (Lipinski definition) is 0. The van der Waals surface area contributed by atoms with Crippen molar-refractivity contribution < 1.29 is 0 Å². The summed E-state index contributed by atoms with van der Waals surface area (Å²) < 4.78 is 0. The molecule has 0 unspecified atom stereocenters. The standard InChI is InChI=1S/C15H26N2/c1-14(2,3)11-10-16-13(15(4,5)6)9-12(11)17(7)8/h9-10H,1-8H3. The molecule has 1 aromatic rings. The number of pyridine rings is 1. The predicted molar refractivity (Wildman–Crippen MR) is 76.0 cm³/mol. The smallest absolute Gasteiger partial charge is 0.0477 e. The fourth-order valence-electron chi connectivity index (χ4n) is 1.80. The second-order valence-electron chi connectivity index (χ2n) is 6.98. The van der Waals surface area contributed by atoms with Crippen LogP contribution in [0.25, 0.3) is 0 Å². The Morgan fingerprint density at radius 3 is 1.82 bits per heavy atom. The summed E-state index contributed by atoms with van der Waals surface area (Å²) in [7, 11) is 4.19. The highest BCUT2D eigenvalue weighted by Crippen LogP contribution is 2.33. The minimum atomic E-state index is 0.0984. The highest BCUT2D eigenvalue weighted by atomic mass is 15.1. The Labute approximate surface area is 106 Å². The van der Waals surface area contributed by atoms with Crippen molar-refractivity contribution >= 4 is 5.69 Å². The molecule has 0 bridgehead atoms. The van der Waals surface area contributed by atoms with Gasteiger partial charge in [-0.15, -0.1) is 0 Å². The van der Waals surface area contributed by atoms with Crippen molar-refractivity contribution in [3.63, 3.8) is 0 Å². The minimum absolute atomic E-state index is 0.0984. The first-order valence-corrected chi connectivity index (χ1v) is 6.22. The third kappa shape index (κ3) is 3.21. The van der Waals surface area contributed by atoms with Crippen molar-refractivity contribution in [3.8, 4) is 0 Å². The van der Waals surface area contributed by atoms with Crippen LogP contribution in [-0.2, 0) is 10.8 Å². The SMILES string of the molecule is CN(C)c1cc(C(C)(C)C)ncc1C(C)(C)C. The molecule has 0 aliphatic carbocycles. The van der Waals surface area contributed by atoms with Gasteiger partial charge in [-0.25, -0.2) is 0 Å². The Morgan fingerprint density at radius 2 is 1.47 bits per heavy atom. The molecule has 0 aliphatic rings. The van der Waals surface area contributed by atoms with E-state index in [2.05, 4.69) is 71.6 Å². The van der Waals surface area contributed by atoms with Crippen LogP contribution in [0.4, 0.5) is 5.69 Å². The molecule has 2 heteroatoms. The van der Waals surface area contributed by atoms with E-state index >= 15 is 0 Å². The first kappa shape index (κ1) is 14.0. The Morgan fingerprint density at radius 1 is 0.941 bits per heavy atom. The number of rotatable bonds is 1. The monoisotopic (exact) mass is 234 g/mol. The van der Waals surface area contributed by atoms with Crippen LogP contribution in [0.15, 0.2) is 12.3 Å². The molecule has 0 radical (unpaired) electrons. The normalized spacial score (nSPS) is 12.7. The zero-order valence-electron chi connectivity index (χ0n) is 12.5. The van der Waals surface area contributed by atoms with E-state index in [9.17, 15) is 0 Å². The highest BCUT2D eigenvalue weighted by Gasteiger charge is 2.23. The largest absolute Gasteiger partial charge is 0.377 e. The van der Waals surface area contributed by atoms with Gasteiger partial charge in [0.1, 0.15) is 0 Å². The summed E-state index contributed by atoms with van der Waals surface area (Å²) in [5.74, 6) is 0. The molecule has 1 heterocycles. The minimum Gasteiger partial charge on any atom is -0.377 e. The van der Waals surface area contributed by atoms with Crippen molar-refractivity contribution in [2.45, 2.75) is 52.4 Å². The lowest BCUT2D eigenvalue weighted by Crippen LogP contribution is -2.22. The van der Waals surface area contributed by atoms with Gasteiger partial charge >= 0.3 is 0 Å². The number of nitrogens with zero attached hydrogens (tertiary/aromatic N) is 2. The van der Waals surface area contributed by atoms with Gasteiger partial charge in [0.15, 0.2) is 0 Å². The summed E-state index contributed by atoms with van der Waals surface area (Å²) in [6, 6.07) is 2.22. The van der Waals surface area contributed by atoms with E-state index in [1.165, 1.54) is 11.3 Å². The van der Waals surface area contributed by atoms with Gasteiger partial charge in [-0.2, -0.15) is 0 Å². The van der Waals surface area contributed by atoms with E-state index in [0.29, 0.717) is 0 Å². The lowest BCUT2D eigenvalue weighted by Gasteiger charge is -2.28. The molecule has 0 amide bonds. The second kappa shape index (κ2) is 4.32. The number of anilines is 1. The first-order valence-electron chi connectivity index (χ1n) is 6.22. The van der Waals surface area contributed by atoms with E-state index in [0.717, 1.165) is 5.69 Å². The maximum atomic E-state index is 4.63. The van der Waals surface area contributed by atoms with Crippen LogP contribution < -0.4 is 4.90 Å². The molecular formula is C15H26N2. The van der Waals surface area contributed by atoms with E-state index in [1.807, 2.05) is 6.20 Å². The number of aromatic nitrogens is 1. The van der Waals surface area contributed by atoms with Gasteiger partial charge in [0.2, 0.25) is 0 Å². The van der Waals surface area contributed by atoms with Gasteiger partial charge in [-0.3, -0.25) is 4.98 Å². The van der Waals surface area contributed by atoms with Crippen LogP contribution in [0.3, 0.4) is 0 Å². The van der Waals surface area contributed by atoms with Crippen LogP contribution >= 0.6 is 0 Å². The summed E-state index contributed by atoms with van der Waals surface area (Å²) in [6.07, 6.45) is 2.04. The maximum absolute atomic E-state index is 4.63. The van der Waals surface area contributed by atoms with Gasteiger partial charge in [-0.05, 0) is 17.0 Å². The van der Waals surface area contributed by atoms with Gasteiger partial charge in [-0.1, -0.05) is 41.5 Å². The van der Waals surface area contributed by atoms with Crippen molar-refractivity contribution in [2.24, 2.45) is 0 Å². The molecule has 0 fully saturated rings. The van der Waals surface area contributed by atoms with Crippen molar-refractivity contribution in [2.75, 3.05) is 19.0 Å². The zero-order chi connectivity index (χ0) is 13.4. The third-order valence-corrected chi connectivity index (χ3v) is 2.94. The van der Waals surface area contributed by atoms with Gasteiger partial charge in [0.05, 0.1) is 0 Å². The molecule has 96 valence electrons. The Balaban J connectivity index is 3.38. The molecule has 0 saturated heterocycles. The van der Waals surface area contributed by atoms with Gasteiger partial charge in [0.25, 0.3) is 0 Å². The van der Waals surface area contributed by atoms with Crippen molar-refractivity contribution in [1.82, 2.24) is 4.98 Å². The quantitative estimate of drug-likeness (QED) is 0.736. The van der Waals surface area contributed by atoms with Crippen LogP contribution in [0, 0.1) is 0 Å². The lowest BCUT2D eigenvalue weighted by molar-refractivity contribution is 0.556. The van der Waals surface area contributed by atoms with Crippen LogP contribution in [-0.4, -0.2) is 19.1 Å². The molecule has 0 atom stereocenters. The molecule has 2 nitrogen and oxygen atoms in total. The van der Waals surface area contributed by atoms with Crippen LogP contribution in [0.2, 0.25) is 0 Å². The average molecular weight is 234 g/mol. The third-order valence-electron chi connectivity index (χ3n) is 2.94. The second-order valence-corrected chi connectivity index (χ2v) is 6.98.